The molecule has 0 unspecified atom stereocenters. The molecule has 0 radical (unpaired) electrons. The van der Waals surface area contributed by atoms with Crippen LogP contribution in [0.4, 0.5) is 5.69 Å². The molecule has 0 bridgehead atoms. The van der Waals surface area contributed by atoms with Crippen LogP contribution >= 0.6 is 23.2 Å². The van der Waals surface area contributed by atoms with E-state index in [1.807, 2.05) is 37.3 Å². The highest BCUT2D eigenvalue weighted by molar-refractivity contribution is 7.92. The summed E-state index contributed by atoms with van der Waals surface area (Å²) in [5, 5.41) is 3.81. The molecular formula is C32H37Cl2N3O5S. The van der Waals surface area contributed by atoms with Gasteiger partial charge in [0.1, 0.15) is 18.3 Å². The third-order valence-electron chi connectivity index (χ3n) is 7.65. The van der Waals surface area contributed by atoms with Crippen molar-refractivity contribution in [3.63, 3.8) is 0 Å². The maximum absolute atomic E-state index is 14.4. The van der Waals surface area contributed by atoms with Gasteiger partial charge >= 0.3 is 0 Å². The lowest BCUT2D eigenvalue weighted by Crippen LogP contribution is -2.54. The molecule has 11 heteroatoms. The smallest absolute Gasteiger partial charge is 0.244 e. The number of benzene rings is 3. The van der Waals surface area contributed by atoms with Gasteiger partial charge in [0.05, 0.1) is 19.1 Å². The van der Waals surface area contributed by atoms with Crippen LogP contribution in [-0.4, -0.2) is 57.1 Å². The number of nitrogens with zero attached hydrogens (tertiary/aromatic N) is 2. The van der Waals surface area contributed by atoms with Crippen molar-refractivity contribution in [1.82, 2.24) is 10.2 Å². The number of carbonyl (C=O) groups is 2. The van der Waals surface area contributed by atoms with Crippen LogP contribution in [0.1, 0.15) is 42.4 Å². The number of methoxy groups -OCH3 is 1. The number of sulfonamides is 1. The van der Waals surface area contributed by atoms with Crippen molar-refractivity contribution in [2.45, 2.75) is 57.7 Å². The zero-order valence-corrected chi connectivity index (χ0v) is 26.9. The van der Waals surface area contributed by atoms with Crippen LogP contribution in [0.3, 0.4) is 0 Å². The predicted octanol–water partition coefficient (Wildman–Crippen LogP) is 5.78. The number of halogens is 2. The van der Waals surface area contributed by atoms with Gasteiger partial charge in [0.2, 0.25) is 21.8 Å². The molecule has 43 heavy (non-hydrogen) atoms. The van der Waals surface area contributed by atoms with Crippen molar-refractivity contribution in [2.75, 3.05) is 24.2 Å². The van der Waals surface area contributed by atoms with E-state index in [1.165, 1.54) is 12.0 Å². The number of hydrogen-bond acceptors (Lipinski definition) is 5. The number of anilines is 1. The summed E-state index contributed by atoms with van der Waals surface area (Å²) in [6.07, 6.45) is 5.01. The monoisotopic (exact) mass is 645 g/mol. The zero-order valence-electron chi connectivity index (χ0n) is 24.6. The van der Waals surface area contributed by atoms with Crippen LogP contribution in [0.25, 0.3) is 0 Å². The van der Waals surface area contributed by atoms with Gasteiger partial charge in [-0.15, -0.1) is 0 Å². The molecule has 2 amide bonds. The minimum absolute atomic E-state index is 0.00991. The van der Waals surface area contributed by atoms with E-state index in [0.29, 0.717) is 21.4 Å². The van der Waals surface area contributed by atoms with E-state index in [9.17, 15) is 18.0 Å². The first kappa shape index (κ1) is 32.6. The molecule has 8 nitrogen and oxygen atoms in total. The van der Waals surface area contributed by atoms with Crippen LogP contribution in [-0.2, 0) is 32.6 Å². The average molecular weight is 647 g/mol. The van der Waals surface area contributed by atoms with Gasteiger partial charge in [-0.25, -0.2) is 8.42 Å². The molecule has 1 fully saturated rings. The summed E-state index contributed by atoms with van der Waals surface area (Å²) >= 11 is 13.1. The van der Waals surface area contributed by atoms with Crippen molar-refractivity contribution < 1.29 is 22.7 Å². The van der Waals surface area contributed by atoms with E-state index in [1.54, 1.807) is 36.4 Å². The maximum atomic E-state index is 14.4. The Bertz CT molecular complexity index is 1530. The second kappa shape index (κ2) is 14.5. The summed E-state index contributed by atoms with van der Waals surface area (Å²) in [5.41, 5.74) is 2.32. The summed E-state index contributed by atoms with van der Waals surface area (Å²) in [4.78, 5) is 29.7. The fraction of sp³-hybridized carbons (Fsp3) is 0.375. The van der Waals surface area contributed by atoms with Crippen LogP contribution in [0.15, 0.2) is 66.7 Å². The standard InChI is InChI=1S/C32H37Cl2N3O5S/c1-22-16-17-30(42-2)28(18-22)37(43(3,40)41)21-31(38)36(20-25-26(33)14-9-15-27(25)34)29(19-23-10-5-4-6-11-23)32(39)35-24-12-7-8-13-24/h4-6,9-11,14-18,24,29H,7-8,12-13,19-21H2,1-3H3,(H,35,39)/t29-/m0/s1. The fourth-order valence-electron chi connectivity index (χ4n) is 5.36. The molecule has 3 aromatic carbocycles. The lowest BCUT2D eigenvalue weighted by Gasteiger charge is -2.34. The lowest BCUT2D eigenvalue weighted by atomic mass is 10.0. The minimum Gasteiger partial charge on any atom is -0.495 e. The van der Waals surface area contributed by atoms with Crippen molar-refractivity contribution in [3.8, 4) is 5.75 Å². The van der Waals surface area contributed by atoms with Gasteiger partial charge in [-0.05, 0) is 55.2 Å². The van der Waals surface area contributed by atoms with E-state index < -0.39 is 28.5 Å². The van der Waals surface area contributed by atoms with Crippen LogP contribution in [0, 0.1) is 6.92 Å². The Balaban J connectivity index is 1.79. The first-order valence-corrected chi connectivity index (χ1v) is 16.8. The molecule has 230 valence electrons. The van der Waals surface area contributed by atoms with E-state index in [2.05, 4.69) is 5.32 Å². The van der Waals surface area contributed by atoms with Crippen molar-refractivity contribution in [1.29, 1.82) is 0 Å². The molecule has 0 aliphatic heterocycles. The van der Waals surface area contributed by atoms with E-state index in [0.717, 1.165) is 47.4 Å². The molecule has 1 aliphatic rings. The topological polar surface area (TPSA) is 96.0 Å². The molecule has 0 aromatic heterocycles. The highest BCUT2D eigenvalue weighted by Gasteiger charge is 2.35. The Hall–Kier alpha value is -3.27. The van der Waals surface area contributed by atoms with Crippen molar-refractivity contribution >= 4 is 50.7 Å². The van der Waals surface area contributed by atoms with Crippen molar-refractivity contribution in [2.24, 2.45) is 0 Å². The Morgan fingerprint density at radius 1 is 1.00 bits per heavy atom. The Morgan fingerprint density at radius 2 is 1.65 bits per heavy atom. The van der Waals surface area contributed by atoms with Crippen LogP contribution in [0.5, 0.6) is 5.75 Å². The minimum atomic E-state index is -3.96. The molecule has 0 heterocycles. The number of aryl methyl sites for hydroxylation is 1. The second-order valence-corrected chi connectivity index (χ2v) is 13.6. The third-order valence-corrected chi connectivity index (χ3v) is 9.48. The number of ether oxygens (including phenoxy) is 1. The van der Waals surface area contributed by atoms with E-state index in [-0.39, 0.29) is 30.6 Å². The van der Waals surface area contributed by atoms with Crippen LogP contribution in [0.2, 0.25) is 10.0 Å². The summed E-state index contributed by atoms with van der Waals surface area (Å²) in [7, 11) is -2.52. The Kier molecular flexibility index (Phi) is 11.0. The molecule has 1 aliphatic carbocycles. The molecule has 4 rings (SSSR count). The highest BCUT2D eigenvalue weighted by Crippen LogP contribution is 2.32. The quantitative estimate of drug-likeness (QED) is 0.270. The van der Waals surface area contributed by atoms with Gasteiger partial charge in [0.25, 0.3) is 0 Å². The second-order valence-electron chi connectivity index (χ2n) is 10.9. The van der Waals surface area contributed by atoms with Gasteiger partial charge in [0, 0.05) is 34.6 Å². The summed E-state index contributed by atoms with van der Waals surface area (Å²) in [6, 6.07) is 18.6. The molecule has 1 N–H and O–H groups in total. The Labute approximate surface area is 264 Å². The Morgan fingerprint density at radius 3 is 2.26 bits per heavy atom. The predicted molar refractivity (Wildman–Crippen MR) is 171 cm³/mol. The summed E-state index contributed by atoms with van der Waals surface area (Å²) in [5.74, 6) is -0.608. The molecule has 0 spiro atoms. The first-order chi connectivity index (χ1) is 20.5. The largest absolute Gasteiger partial charge is 0.495 e. The van der Waals surface area contributed by atoms with Gasteiger partial charge in [0.15, 0.2) is 0 Å². The summed E-state index contributed by atoms with van der Waals surface area (Å²) < 4.78 is 32.7. The molecule has 0 saturated heterocycles. The number of carbonyl (C=O) groups excluding carboxylic acids is 2. The molecule has 1 saturated carbocycles. The van der Waals surface area contributed by atoms with Gasteiger partial charge in [-0.2, -0.15) is 0 Å². The number of nitrogens with one attached hydrogen (secondary N) is 1. The van der Waals surface area contributed by atoms with Gasteiger partial charge < -0.3 is 15.0 Å². The van der Waals surface area contributed by atoms with Crippen molar-refractivity contribution in [3.05, 3.63) is 93.5 Å². The van der Waals surface area contributed by atoms with E-state index >= 15 is 0 Å². The lowest BCUT2D eigenvalue weighted by molar-refractivity contribution is -0.140. The zero-order chi connectivity index (χ0) is 31.1. The molecule has 1 atom stereocenters. The molecular weight excluding hydrogens is 609 g/mol. The SMILES string of the molecule is COc1ccc(C)cc1N(CC(=O)N(Cc1c(Cl)cccc1Cl)[C@@H](Cc1ccccc1)C(=O)NC1CCCC1)S(C)(=O)=O. The number of rotatable bonds is 12. The number of amides is 2. The molecule has 3 aromatic rings. The average Bonchev–Trinajstić information content (AvgIpc) is 3.47. The van der Waals surface area contributed by atoms with Gasteiger partial charge in [-0.1, -0.05) is 78.5 Å². The third kappa shape index (κ3) is 8.43. The highest BCUT2D eigenvalue weighted by atomic mass is 35.5. The van der Waals surface area contributed by atoms with Crippen LogP contribution < -0.4 is 14.4 Å². The first-order valence-electron chi connectivity index (χ1n) is 14.2. The van der Waals surface area contributed by atoms with Gasteiger partial charge in [-0.3, -0.25) is 13.9 Å². The number of hydrogen-bond donors (Lipinski definition) is 1. The fourth-order valence-corrected chi connectivity index (χ4v) is 6.73. The summed E-state index contributed by atoms with van der Waals surface area (Å²) in [6.45, 7) is 1.15. The maximum Gasteiger partial charge on any atom is 0.244 e. The normalized spacial score (nSPS) is 14.3. The van der Waals surface area contributed by atoms with E-state index in [4.69, 9.17) is 27.9 Å².